The molecule has 1 rings (SSSR count). The molecule has 0 aliphatic rings. The van der Waals surface area contributed by atoms with Crippen LogP contribution >= 0.6 is 0 Å². The third-order valence-corrected chi connectivity index (χ3v) is 4.00. The first kappa shape index (κ1) is 20.3. The molecule has 5 nitrogen and oxygen atoms in total. The number of amides is 1. The van der Waals surface area contributed by atoms with Gasteiger partial charge in [-0.05, 0) is 59.2 Å². The summed E-state index contributed by atoms with van der Waals surface area (Å²) in [5, 5.41) is 3.45. The van der Waals surface area contributed by atoms with Crippen molar-refractivity contribution in [2.45, 2.75) is 65.3 Å². The van der Waals surface area contributed by atoms with Gasteiger partial charge in [-0.3, -0.25) is 0 Å². The lowest BCUT2D eigenvalue weighted by molar-refractivity contribution is 0.0107. The molecule has 0 saturated carbocycles. The van der Waals surface area contributed by atoms with E-state index in [1.807, 2.05) is 58.9 Å². The summed E-state index contributed by atoms with van der Waals surface area (Å²) in [5.41, 5.74) is 1.28. The molecule has 0 saturated heterocycles. The third kappa shape index (κ3) is 6.40. The molecular formula is C19H32N2O3. The monoisotopic (exact) mass is 336 g/mol. The molecular weight excluding hydrogens is 304 g/mol. The number of methoxy groups -OCH3 is 1. The second-order valence-electron chi connectivity index (χ2n) is 7.71. The maximum Gasteiger partial charge on any atom is 0.410 e. The van der Waals surface area contributed by atoms with Crippen LogP contribution in [0.3, 0.4) is 0 Å². The molecule has 0 aromatic heterocycles. The van der Waals surface area contributed by atoms with Gasteiger partial charge in [0.05, 0.1) is 11.6 Å². The lowest BCUT2D eigenvalue weighted by atomic mass is 10.00. The van der Waals surface area contributed by atoms with Crippen molar-refractivity contribution in [2.24, 2.45) is 0 Å². The summed E-state index contributed by atoms with van der Waals surface area (Å²) < 4.78 is 10.9. The van der Waals surface area contributed by atoms with Crippen LogP contribution in [-0.2, 0) is 16.0 Å². The lowest BCUT2D eigenvalue weighted by Crippen LogP contribution is -2.41. The summed E-state index contributed by atoms with van der Waals surface area (Å²) in [5.74, 6) is 0. The van der Waals surface area contributed by atoms with Crippen molar-refractivity contribution >= 4 is 11.8 Å². The van der Waals surface area contributed by atoms with Crippen molar-refractivity contribution in [2.75, 3.05) is 19.5 Å². The molecule has 5 heteroatoms. The van der Waals surface area contributed by atoms with E-state index in [1.54, 1.807) is 19.1 Å². The Morgan fingerprint density at radius 1 is 1.25 bits per heavy atom. The Balaban J connectivity index is 2.73. The van der Waals surface area contributed by atoms with E-state index in [4.69, 9.17) is 9.47 Å². The molecule has 1 N–H and O–H groups in total. The molecule has 0 bridgehead atoms. The van der Waals surface area contributed by atoms with Crippen LogP contribution in [0, 0.1) is 0 Å². The fraction of sp³-hybridized carbons (Fsp3) is 0.632. The predicted octanol–water partition coefficient (Wildman–Crippen LogP) is 4.28. The first-order valence-corrected chi connectivity index (χ1v) is 8.29. The molecule has 136 valence electrons. The molecule has 24 heavy (non-hydrogen) atoms. The lowest BCUT2D eigenvalue weighted by Gasteiger charge is -2.32. The number of hydrogen-bond acceptors (Lipinski definition) is 4. The number of benzene rings is 1. The van der Waals surface area contributed by atoms with E-state index in [-0.39, 0.29) is 17.7 Å². The summed E-state index contributed by atoms with van der Waals surface area (Å²) in [6.45, 7) is 12.3. The molecule has 0 heterocycles. The Hall–Kier alpha value is -1.75. The van der Waals surface area contributed by atoms with E-state index in [2.05, 4.69) is 12.2 Å². The van der Waals surface area contributed by atoms with E-state index in [0.29, 0.717) is 6.54 Å². The van der Waals surface area contributed by atoms with Crippen LogP contribution in [-0.4, -0.2) is 42.4 Å². The molecule has 1 unspecified atom stereocenters. The van der Waals surface area contributed by atoms with Gasteiger partial charge in [-0.2, -0.15) is 0 Å². The molecule has 1 atom stereocenters. The normalized spacial score (nSPS) is 13.3. The SMILES string of the molecule is COC(C)(C)C(C)Nc1cccc(CN(C)C(=O)OC(C)(C)C)c1. The zero-order chi connectivity index (χ0) is 18.5. The fourth-order valence-electron chi connectivity index (χ4n) is 2.04. The van der Waals surface area contributed by atoms with Crippen molar-refractivity contribution in [3.8, 4) is 0 Å². The van der Waals surface area contributed by atoms with Crippen LogP contribution in [0.4, 0.5) is 10.5 Å². The fourth-order valence-corrected chi connectivity index (χ4v) is 2.04. The highest BCUT2D eigenvalue weighted by Gasteiger charge is 2.25. The summed E-state index contributed by atoms with van der Waals surface area (Å²) in [7, 11) is 3.45. The number of nitrogens with zero attached hydrogens (tertiary/aromatic N) is 1. The maximum atomic E-state index is 12.1. The third-order valence-electron chi connectivity index (χ3n) is 4.00. The van der Waals surface area contributed by atoms with Crippen molar-refractivity contribution in [3.63, 3.8) is 0 Å². The van der Waals surface area contributed by atoms with Gasteiger partial charge >= 0.3 is 6.09 Å². The van der Waals surface area contributed by atoms with Crippen molar-refractivity contribution in [3.05, 3.63) is 29.8 Å². The van der Waals surface area contributed by atoms with Gasteiger partial charge in [0.25, 0.3) is 0 Å². The van der Waals surface area contributed by atoms with Gasteiger partial charge in [-0.1, -0.05) is 12.1 Å². The number of carbonyl (C=O) groups excluding carboxylic acids is 1. The molecule has 0 aliphatic heterocycles. The molecule has 0 spiro atoms. The molecule has 1 aromatic carbocycles. The van der Waals surface area contributed by atoms with Crippen LogP contribution in [0.5, 0.6) is 0 Å². The number of nitrogens with one attached hydrogen (secondary N) is 1. The van der Waals surface area contributed by atoms with Crippen molar-refractivity contribution in [1.82, 2.24) is 4.90 Å². The second kappa shape index (κ2) is 7.88. The van der Waals surface area contributed by atoms with Gasteiger partial charge in [0.1, 0.15) is 5.60 Å². The molecule has 1 amide bonds. The van der Waals surface area contributed by atoms with E-state index in [9.17, 15) is 4.79 Å². The minimum Gasteiger partial charge on any atom is -0.444 e. The van der Waals surface area contributed by atoms with E-state index in [1.165, 1.54) is 0 Å². The van der Waals surface area contributed by atoms with Crippen LogP contribution in [0.25, 0.3) is 0 Å². The Morgan fingerprint density at radius 3 is 2.42 bits per heavy atom. The van der Waals surface area contributed by atoms with Crippen LogP contribution in [0.15, 0.2) is 24.3 Å². The highest BCUT2D eigenvalue weighted by molar-refractivity contribution is 5.67. The molecule has 0 aliphatic carbocycles. The smallest absolute Gasteiger partial charge is 0.410 e. The van der Waals surface area contributed by atoms with E-state index < -0.39 is 5.60 Å². The Bertz CT molecular complexity index is 550. The first-order valence-electron chi connectivity index (χ1n) is 8.29. The molecule has 0 fully saturated rings. The van der Waals surface area contributed by atoms with E-state index in [0.717, 1.165) is 11.3 Å². The Labute approximate surface area is 146 Å². The number of rotatable bonds is 6. The standard InChI is InChI=1S/C19H32N2O3/c1-14(19(5,6)23-8)20-16-11-9-10-15(12-16)13-21(7)17(22)24-18(2,3)4/h9-12,14,20H,13H2,1-8H3. The predicted molar refractivity (Wildman–Crippen MR) is 98.3 cm³/mol. The van der Waals surface area contributed by atoms with Gasteiger partial charge < -0.3 is 19.7 Å². The van der Waals surface area contributed by atoms with E-state index >= 15 is 0 Å². The van der Waals surface area contributed by atoms with Gasteiger partial charge in [0.2, 0.25) is 0 Å². The minimum absolute atomic E-state index is 0.140. The topological polar surface area (TPSA) is 50.8 Å². The van der Waals surface area contributed by atoms with Gasteiger partial charge in [0.15, 0.2) is 0 Å². The quantitative estimate of drug-likeness (QED) is 0.842. The largest absolute Gasteiger partial charge is 0.444 e. The zero-order valence-electron chi connectivity index (χ0n) is 16.3. The van der Waals surface area contributed by atoms with Crippen molar-refractivity contribution < 1.29 is 14.3 Å². The zero-order valence-corrected chi connectivity index (χ0v) is 16.3. The minimum atomic E-state index is -0.490. The highest BCUT2D eigenvalue weighted by atomic mass is 16.6. The molecule has 1 aromatic rings. The van der Waals surface area contributed by atoms with Gasteiger partial charge in [0, 0.05) is 26.4 Å². The Morgan fingerprint density at radius 2 is 1.88 bits per heavy atom. The van der Waals surface area contributed by atoms with Gasteiger partial charge in [-0.25, -0.2) is 4.79 Å². The highest BCUT2D eigenvalue weighted by Crippen LogP contribution is 2.20. The number of ether oxygens (including phenoxy) is 2. The van der Waals surface area contributed by atoms with Crippen LogP contribution < -0.4 is 5.32 Å². The molecule has 0 radical (unpaired) electrons. The summed E-state index contributed by atoms with van der Waals surface area (Å²) in [4.78, 5) is 13.6. The first-order chi connectivity index (χ1) is 10.9. The number of anilines is 1. The van der Waals surface area contributed by atoms with Gasteiger partial charge in [-0.15, -0.1) is 0 Å². The summed E-state index contributed by atoms with van der Waals surface area (Å²) >= 11 is 0. The maximum absolute atomic E-state index is 12.1. The number of hydrogen-bond donors (Lipinski definition) is 1. The average Bonchev–Trinajstić information content (AvgIpc) is 2.45. The van der Waals surface area contributed by atoms with Crippen LogP contribution in [0.2, 0.25) is 0 Å². The second-order valence-corrected chi connectivity index (χ2v) is 7.71. The Kier molecular flexibility index (Phi) is 6.67. The van der Waals surface area contributed by atoms with Crippen LogP contribution in [0.1, 0.15) is 47.1 Å². The van der Waals surface area contributed by atoms with Crippen molar-refractivity contribution in [1.29, 1.82) is 0 Å². The number of carbonyl (C=O) groups is 1. The summed E-state index contributed by atoms with van der Waals surface area (Å²) in [6.07, 6.45) is -0.324. The summed E-state index contributed by atoms with van der Waals surface area (Å²) in [6, 6.07) is 8.18. The average molecular weight is 336 g/mol.